The molecule has 150 valence electrons. The third-order valence-electron chi connectivity index (χ3n) is 4.31. The van der Waals surface area contributed by atoms with E-state index < -0.39 is 9.84 Å². The Balaban J connectivity index is 1.52. The number of carbonyl (C=O) groups excluding carboxylic acids is 1. The molecule has 2 N–H and O–H groups in total. The second-order valence-electron chi connectivity index (χ2n) is 6.88. The van der Waals surface area contributed by atoms with E-state index in [1.165, 1.54) is 0 Å². The number of aromatic nitrogens is 1. The van der Waals surface area contributed by atoms with Gasteiger partial charge in [-0.25, -0.2) is 13.2 Å². The number of hydrogen-bond donors (Lipinski definition) is 2. The first-order valence-corrected chi connectivity index (χ1v) is 11.0. The van der Waals surface area contributed by atoms with Crippen molar-refractivity contribution in [2.24, 2.45) is 0 Å². The minimum absolute atomic E-state index is 0.00466. The van der Waals surface area contributed by atoms with E-state index >= 15 is 0 Å². The number of amides is 2. The van der Waals surface area contributed by atoms with Gasteiger partial charge in [-0.15, -0.1) is 0 Å². The minimum Gasteiger partial charge on any atom is -0.334 e. The Morgan fingerprint density at radius 2 is 1.38 bits per heavy atom. The van der Waals surface area contributed by atoms with Gasteiger partial charge in [0.2, 0.25) is 0 Å². The topological polar surface area (TPSA) is 88.2 Å². The van der Waals surface area contributed by atoms with Crippen molar-refractivity contribution in [1.29, 1.82) is 0 Å². The quantitative estimate of drug-likeness (QED) is 0.621. The number of hydrogen-bond acceptors (Lipinski definition) is 4. The van der Waals surface area contributed by atoms with Crippen LogP contribution in [0.25, 0.3) is 0 Å². The van der Waals surface area contributed by atoms with Gasteiger partial charge in [-0.2, -0.15) is 0 Å². The largest absolute Gasteiger partial charge is 0.334 e. The highest BCUT2D eigenvalue weighted by molar-refractivity contribution is 7.89. The molecule has 0 bridgehead atoms. The summed E-state index contributed by atoms with van der Waals surface area (Å²) in [6.45, 7) is 2.36. The van der Waals surface area contributed by atoms with Gasteiger partial charge in [0.05, 0.1) is 11.5 Å². The van der Waals surface area contributed by atoms with Crippen LogP contribution in [0.1, 0.15) is 22.3 Å². The third kappa shape index (κ3) is 6.73. The first-order chi connectivity index (χ1) is 13.9. The van der Waals surface area contributed by atoms with E-state index in [1.54, 1.807) is 36.7 Å². The highest BCUT2D eigenvalue weighted by atomic mass is 32.2. The summed E-state index contributed by atoms with van der Waals surface area (Å²) in [5.41, 5.74) is 4.10. The number of anilines is 1. The Kier molecular flexibility index (Phi) is 6.61. The normalized spacial score (nSPS) is 11.1. The fraction of sp³-hybridized carbons (Fsp3) is 0.182. The molecular formula is C22H23N3O3S. The monoisotopic (exact) mass is 409 g/mol. The lowest BCUT2D eigenvalue weighted by molar-refractivity contribution is 0.251. The first kappa shape index (κ1) is 20.5. The minimum atomic E-state index is -3.28. The number of urea groups is 1. The van der Waals surface area contributed by atoms with Crippen molar-refractivity contribution < 1.29 is 13.2 Å². The molecule has 29 heavy (non-hydrogen) atoms. The second kappa shape index (κ2) is 9.34. The van der Waals surface area contributed by atoms with Crippen LogP contribution >= 0.6 is 0 Å². The van der Waals surface area contributed by atoms with Crippen LogP contribution in [0.5, 0.6) is 0 Å². The maximum Gasteiger partial charge on any atom is 0.319 e. The van der Waals surface area contributed by atoms with Crippen molar-refractivity contribution in [3.8, 4) is 0 Å². The van der Waals surface area contributed by atoms with Gasteiger partial charge in [0.25, 0.3) is 0 Å². The predicted octanol–water partition coefficient (Wildman–Crippen LogP) is 3.83. The van der Waals surface area contributed by atoms with Crippen LogP contribution in [0.2, 0.25) is 0 Å². The molecule has 0 spiro atoms. The van der Waals surface area contributed by atoms with Gasteiger partial charge >= 0.3 is 6.03 Å². The Labute approximate surface area is 170 Å². The van der Waals surface area contributed by atoms with E-state index in [0.717, 1.165) is 16.7 Å². The molecule has 0 aliphatic rings. The Bertz CT molecular complexity index is 1050. The average Bonchev–Trinajstić information content (AvgIpc) is 2.70. The molecule has 0 atom stereocenters. The molecule has 0 saturated carbocycles. The predicted molar refractivity (Wildman–Crippen MR) is 114 cm³/mol. The smallest absolute Gasteiger partial charge is 0.319 e. The van der Waals surface area contributed by atoms with Crippen LogP contribution in [-0.2, 0) is 27.9 Å². The Morgan fingerprint density at radius 3 is 1.97 bits per heavy atom. The van der Waals surface area contributed by atoms with E-state index in [9.17, 15) is 13.2 Å². The summed E-state index contributed by atoms with van der Waals surface area (Å²) in [6, 6.07) is 17.6. The summed E-state index contributed by atoms with van der Waals surface area (Å²) in [5.74, 6) is -0.0416. The van der Waals surface area contributed by atoms with Gasteiger partial charge in [0.15, 0.2) is 9.84 Å². The van der Waals surface area contributed by atoms with Crippen molar-refractivity contribution in [2.45, 2.75) is 25.0 Å². The van der Waals surface area contributed by atoms with Crippen molar-refractivity contribution in [1.82, 2.24) is 10.3 Å². The van der Waals surface area contributed by atoms with Gasteiger partial charge in [-0.1, -0.05) is 42.0 Å². The van der Waals surface area contributed by atoms with E-state index in [4.69, 9.17) is 0 Å². The number of benzene rings is 2. The van der Waals surface area contributed by atoms with Crippen LogP contribution in [0.3, 0.4) is 0 Å². The Morgan fingerprint density at radius 1 is 0.828 bits per heavy atom. The molecule has 2 aromatic carbocycles. The molecule has 0 fully saturated rings. The molecule has 0 radical (unpaired) electrons. The fourth-order valence-corrected chi connectivity index (χ4v) is 4.29. The molecule has 6 nitrogen and oxygen atoms in total. The fourth-order valence-electron chi connectivity index (χ4n) is 2.79. The maximum atomic E-state index is 12.5. The first-order valence-electron chi connectivity index (χ1n) is 9.18. The maximum absolute atomic E-state index is 12.5. The molecule has 0 unspecified atom stereocenters. The molecular weight excluding hydrogens is 386 g/mol. The zero-order valence-corrected chi connectivity index (χ0v) is 16.9. The van der Waals surface area contributed by atoms with Crippen molar-refractivity contribution in [3.05, 3.63) is 95.3 Å². The number of sulfone groups is 1. The zero-order valence-electron chi connectivity index (χ0n) is 16.1. The summed E-state index contributed by atoms with van der Waals surface area (Å²) in [6.07, 6.45) is 3.33. The van der Waals surface area contributed by atoms with Crippen molar-refractivity contribution in [2.75, 3.05) is 5.32 Å². The van der Waals surface area contributed by atoms with E-state index in [1.807, 2.05) is 43.3 Å². The number of aryl methyl sites for hydroxylation is 1. The molecule has 0 saturated heterocycles. The number of pyridine rings is 1. The SMILES string of the molecule is Cc1ccc(CS(=O)(=O)Cc2ccc(NC(=O)NCc3ccncc3)cc2)cc1. The highest BCUT2D eigenvalue weighted by Gasteiger charge is 2.13. The summed E-state index contributed by atoms with van der Waals surface area (Å²) in [7, 11) is -3.28. The van der Waals surface area contributed by atoms with Crippen LogP contribution < -0.4 is 10.6 Å². The molecule has 7 heteroatoms. The molecule has 2 amide bonds. The lowest BCUT2D eigenvalue weighted by Crippen LogP contribution is -2.28. The van der Waals surface area contributed by atoms with Crippen molar-refractivity contribution in [3.63, 3.8) is 0 Å². The van der Waals surface area contributed by atoms with E-state index in [-0.39, 0.29) is 17.5 Å². The number of nitrogens with one attached hydrogen (secondary N) is 2. The molecule has 1 aromatic heterocycles. The lowest BCUT2D eigenvalue weighted by Gasteiger charge is -2.09. The number of nitrogens with zero attached hydrogens (tertiary/aromatic N) is 1. The number of rotatable bonds is 7. The molecule has 3 rings (SSSR count). The van der Waals surface area contributed by atoms with Gasteiger partial charge in [-0.3, -0.25) is 4.98 Å². The van der Waals surface area contributed by atoms with Gasteiger partial charge in [0.1, 0.15) is 0 Å². The summed E-state index contributed by atoms with van der Waals surface area (Å²) in [4.78, 5) is 15.9. The molecule has 0 aliphatic heterocycles. The van der Waals surface area contributed by atoms with E-state index in [0.29, 0.717) is 17.8 Å². The average molecular weight is 410 g/mol. The van der Waals surface area contributed by atoms with Crippen LogP contribution in [-0.4, -0.2) is 19.4 Å². The molecule has 1 heterocycles. The Hall–Kier alpha value is -3.19. The van der Waals surface area contributed by atoms with E-state index in [2.05, 4.69) is 15.6 Å². The van der Waals surface area contributed by atoms with Crippen LogP contribution in [0, 0.1) is 6.92 Å². The summed E-state index contributed by atoms with van der Waals surface area (Å²) in [5, 5.41) is 5.49. The third-order valence-corrected chi connectivity index (χ3v) is 5.85. The molecule has 3 aromatic rings. The van der Waals surface area contributed by atoms with Crippen LogP contribution in [0.4, 0.5) is 10.5 Å². The van der Waals surface area contributed by atoms with Gasteiger partial charge in [0, 0.05) is 24.6 Å². The lowest BCUT2D eigenvalue weighted by atomic mass is 10.2. The number of carbonyl (C=O) groups is 1. The second-order valence-corrected chi connectivity index (χ2v) is 8.94. The van der Waals surface area contributed by atoms with Crippen LogP contribution in [0.15, 0.2) is 73.1 Å². The summed E-state index contributed by atoms with van der Waals surface area (Å²) >= 11 is 0. The zero-order chi connectivity index (χ0) is 20.7. The van der Waals surface area contributed by atoms with Gasteiger partial charge < -0.3 is 10.6 Å². The van der Waals surface area contributed by atoms with Gasteiger partial charge in [-0.05, 0) is 47.9 Å². The highest BCUT2D eigenvalue weighted by Crippen LogP contribution is 2.16. The standard InChI is InChI=1S/C22H23N3O3S/c1-17-2-4-19(5-3-17)15-29(27,28)16-20-6-8-21(9-7-20)25-22(26)24-14-18-10-12-23-13-11-18/h2-13H,14-16H2,1H3,(H2,24,25,26). The summed E-state index contributed by atoms with van der Waals surface area (Å²) < 4.78 is 24.9. The van der Waals surface area contributed by atoms with Crippen molar-refractivity contribution >= 4 is 21.6 Å². The molecule has 0 aliphatic carbocycles.